The van der Waals surface area contributed by atoms with Gasteiger partial charge >= 0.3 is 5.97 Å². The van der Waals surface area contributed by atoms with Crippen LogP contribution in [0.15, 0.2) is 25.3 Å². The number of carbonyl (C=O) groups is 1. The van der Waals surface area contributed by atoms with Gasteiger partial charge in [0.2, 0.25) is 0 Å². The summed E-state index contributed by atoms with van der Waals surface area (Å²) < 4.78 is 4.91. The Kier molecular flexibility index (Phi) is 13.2. The lowest BCUT2D eigenvalue weighted by Gasteiger charge is -2.03. The lowest BCUT2D eigenvalue weighted by molar-refractivity contribution is -0.137. The van der Waals surface area contributed by atoms with Gasteiger partial charge in [0.05, 0.1) is 6.61 Å². The van der Waals surface area contributed by atoms with Crippen molar-refractivity contribution in [3.05, 3.63) is 25.3 Å². The van der Waals surface area contributed by atoms with Crippen LogP contribution in [0.3, 0.4) is 0 Å². The van der Waals surface area contributed by atoms with E-state index in [2.05, 4.69) is 13.2 Å². The molecule has 0 radical (unpaired) electrons. The molecule has 0 aromatic carbocycles. The van der Waals surface area contributed by atoms with Gasteiger partial charge in [-0.3, -0.25) is 0 Å². The summed E-state index contributed by atoms with van der Waals surface area (Å²) in [4.78, 5) is 10.7. The second-order valence-corrected chi connectivity index (χ2v) is 4.63. The molecule has 0 aliphatic rings. The van der Waals surface area contributed by atoms with Gasteiger partial charge in [-0.15, -0.1) is 6.58 Å². The highest BCUT2D eigenvalue weighted by Crippen LogP contribution is 2.10. The Morgan fingerprint density at radius 1 is 0.833 bits per heavy atom. The minimum Gasteiger partial charge on any atom is -0.463 e. The smallest absolute Gasteiger partial charge is 0.330 e. The van der Waals surface area contributed by atoms with Gasteiger partial charge in [0.15, 0.2) is 0 Å². The summed E-state index contributed by atoms with van der Waals surface area (Å²) in [5.41, 5.74) is 0. The van der Waals surface area contributed by atoms with Crippen molar-refractivity contribution in [1.29, 1.82) is 0 Å². The average Bonchev–Trinajstić information content (AvgIpc) is 2.39. The van der Waals surface area contributed by atoms with Crippen molar-refractivity contribution in [1.82, 2.24) is 0 Å². The summed E-state index contributed by atoms with van der Waals surface area (Å²) in [6.07, 6.45) is 15.7. The van der Waals surface area contributed by atoms with E-state index in [-0.39, 0.29) is 5.97 Å². The highest BCUT2D eigenvalue weighted by atomic mass is 16.5. The SMILES string of the molecule is C=CCCCCCCCCCCCOC(=O)C=C. The number of unbranched alkanes of at least 4 members (excludes halogenated alkanes) is 9. The molecular weight excluding hydrogens is 224 g/mol. The number of hydrogen-bond acceptors (Lipinski definition) is 2. The minimum absolute atomic E-state index is 0.311. The van der Waals surface area contributed by atoms with Crippen molar-refractivity contribution in [2.75, 3.05) is 6.61 Å². The van der Waals surface area contributed by atoms with Crippen LogP contribution < -0.4 is 0 Å². The standard InChI is InChI=1S/C16H28O2/c1-3-5-6-7-8-9-10-11-12-13-14-15-18-16(17)4-2/h3-4H,1-2,5-15H2. The first-order valence-electron chi connectivity index (χ1n) is 7.21. The molecule has 0 amide bonds. The molecule has 18 heavy (non-hydrogen) atoms. The van der Waals surface area contributed by atoms with E-state index >= 15 is 0 Å². The van der Waals surface area contributed by atoms with Crippen LogP contribution in [-0.4, -0.2) is 12.6 Å². The fourth-order valence-electron chi connectivity index (χ4n) is 1.86. The first kappa shape index (κ1) is 16.9. The van der Waals surface area contributed by atoms with Crippen molar-refractivity contribution in [2.45, 2.75) is 64.2 Å². The quantitative estimate of drug-likeness (QED) is 0.204. The zero-order valence-electron chi connectivity index (χ0n) is 11.7. The number of ether oxygens (including phenoxy) is 1. The van der Waals surface area contributed by atoms with Gasteiger partial charge in [-0.05, 0) is 19.3 Å². The van der Waals surface area contributed by atoms with E-state index in [1.54, 1.807) is 0 Å². The van der Waals surface area contributed by atoms with E-state index < -0.39 is 0 Å². The third kappa shape index (κ3) is 13.0. The Morgan fingerprint density at radius 2 is 1.33 bits per heavy atom. The van der Waals surface area contributed by atoms with Crippen LogP contribution in [0.4, 0.5) is 0 Å². The first-order chi connectivity index (χ1) is 8.81. The molecule has 0 spiro atoms. The molecule has 0 aliphatic heterocycles. The monoisotopic (exact) mass is 252 g/mol. The fraction of sp³-hybridized carbons (Fsp3) is 0.688. The van der Waals surface area contributed by atoms with E-state index in [4.69, 9.17) is 4.74 Å². The molecule has 0 saturated carbocycles. The molecule has 0 bridgehead atoms. The molecule has 2 heteroatoms. The Morgan fingerprint density at radius 3 is 1.83 bits per heavy atom. The van der Waals surface area contributed by atoms with Crippen LogP contribution in [-0.2, 0) is 9.53 Å². The molecule has 0 aromatic rings. The molecule has 0 saturated heterocycles. The van der Waals surface area contributed by atoms with E-state index in [0.29, 0.717) is 6.61 Å². The fourth-order valence-corrected chi connectivity index (χ4v) is 1.86. The lowest BCUT2D eigenvalue weighted by atomic mass is 10.1. The van der Waals surface area contributed by atoms with Crippen molar-refractivity contribution >= 4 is 5.97 Å². The highest BCUT2D eigenvalue weighted by Gasteiger charge is 1.95. The Labute approximate surface area is 112 Å². The zero-order chi connectivity index (χ0) is 13.5. The summed E-state index contributed by atoms with van der Waals surface area (Å²) in [5.74, 6) is -0.311. The van der Waals surface area contributed by atoms with Gasteiger partial charge < -0.3 is 4.74 Å². The maximum Gasteiger partial charge on any atom is 0.330 e. The van der Waals surface area contributed by atoms with Gasteiger partial charge in [0.25, 0.3) is 0 Å². The number of rotatable bonds is 13. The van der Waals surface area contributed by atoms with Gasteiger partial charge in [-0.1, -0.05) is 57.6 Å². The molecule has 0 unspecified atom stereocenters. The van der Waals surface area contributed by atoms with Gasteiger partial charge in [0.1, 0.15) is 0 Å². The third-order valence-electron chi connectivity index (χ3n) is 2.96. The topological polar surface area (TPSA) is 26.3 Å². The van der Waals surface area contributed by atoms with Crippen molar-refractivity contribution < 1.29 is 9.53 Å². The first-order valence-corrected chi connectivity index (χ1v) is 7.21. The van der Waals surface area contributed by atoms with E-state index in [9.17, 15) is 4.79 Å². The van der Waals surface area contributed by atoms with E-state index in [0.717, 1.165) is 19.3 Å². The molecule has 2 nitrogen and oxygen atoms in total. The van der Waals surface area contributed by atoms with Crippen LogP contribution in [0.1, 0.15) is 64.2 Å². The average molecular weight is 252 g/mol. The predicted octanol–water partition coefficient (Wildman–Crippen LogP) is 4.80. The van der Waals surface area contributed by atoms with Crippen LogP contribution in [0.2, 0.25) is 0 Å². The van der Waals surface area contributed by atoms with Gasteiger partial charge in [0, 0.05) is 6.08 Å². The second-order valence-electron chi connectivity index (χ2n) is 4.63. The molecule has 0 atom stereocenters. The summed E-state index contributed by atoms with van der Waals surface area (Å²) in [6, 6.07) is 0. The molecule has 0 aliphatic carbocycles. The number of esters is 1. The molecular formula is C16H28O2. The molecule has 0 heterocycles. The molecule has 104 valence electrons. The van der Waals surface area contributed by atoms with E-state index in [1.165, 1.54) is 51.0 Å². The Bertz CT molecular complexity index is 221. The minimum atomic E-state index is -0.311. The zero-order valence-corrected chi connectivity index (χ0v) is 11.7. The number of hydrogen-bond donors (Lipinski definition) is 0. The maximum atomic E-state index is 10.7. The number of allylic oxidation sites excluding steroid dienone is 1. The normalized spacial score (nSPS) is 10.0. The van der Waals surface area contributed by atoms with Crippen LogP contribution in [0.25, 0.3) is 0 Å². The lowest BCUT2D eigenvalue weighted by Crippen LogP contribution is -2.01. The van der Waals surface area contributed by atoms with Crippen molar-refractivity contribution in [3.8, 4) is 0 Å². The Balaban J connectivity index is 3.00. The van der Waals surface area contributed by atoms with Crippen molar-refractivity contribution in [3.63, 3.8) is 0 Å². The maximum absolute atomic E-state index is 10.7. The van der Waals surface area contributed by atoms with Crippen LogP contribution >= 0.6 is 0 Å². The summed E-state index contributed by atoms with van der Waals surface area (Å²) >= 11 is 0. The summed E-state index contributed by atoms with van der Waals surface area (Å²) in [5, 5.41) is 0. The van der Waals surface area contributed by atoms with Gasteiger partial charge in [-0.25, -0.2) is 4.79 Å². The predicted molar refractivity (Wildman–Crippen MR) is 77.5 cm³/mol. The molecule has 0 aromatic heterocycles. The van der Waals surface area contributed by atoms with Crippen LogP contribution in [0, 0.1) is 0 Å². The van der Waals surface area contributed by atoms with Crippen LogP contribution in [0.5, 0.6) is 0 Å². The van der Waals surface area contributed by atoms with E-state index in [1.807, 2.05) is 6.08 Å². The molecule has 0 rings (SSSR count). The second kappa shape index (κ2) is 14.0. The van der Waals surface area contributed by atoms with Crippen molar-refractivity contribution in [2.24, 2.45) is 0 Å². The molecule has 0 N–H and O–H groups in total. The molecule has 0 fully saturated rings. The van der Waals surface area contributed by atoms with Gasteiger partial charge in [-0.2, -0.15) is 0 Å². The summed E-state index contributed by atoms with van der Waals surface area (Å²) in [6.45, 7) is 7.61. The summed E-state index contributed by atoms with van der Waals surface area (Å²) in [7, 11) is 0. The Hall–Kier alpha value is -1.05. The highest BCUT2D eigenvalue weighted by molar-refractivity contribution is 5.81. The largest absolute Gasteiger partial charge is 0.463 e. The third-order valence-corrected chi connectivity index (χ3v) is 2.96. The number of carbonyl (C=O) groups excluding carboxylic acids is 1.